The molecule has 1 nitrogen and oxygen atoms in total. The molecule has 0 saturated carbocycles. The Bertz CT molecular complexity index is 83.8. The molecule has 0 aliphatic carbocycles. The number of halogens is 3. The fourth-order valence-electron chi connectivity index (χ4n) is 1.09. The molecule has 0 spiro atoms. The van der Waals surface area contributed by atoms with Gasteiger partial charge in [-0.2, -0.15) is 0 Å². The van der Waals surface area contributed by atoms with Crippen molar-refractivity contribution in [3.8, 4) is 0 Å². The van der Waals surface area contributed by atoms with Gasteiger partial charge in [-0.3, -0.25) is 0 Å². The van der Waals surface area contributed by atoms with E-state index < -0.39 is 12.5 Å². The van der Waals surface area contributed by atoms with Gasteiger partial charge in [-0.15, -0.1) is 12.4 Å². The molecule has 1 N–H and O–H groups in total. The van der Waals surface area contributed by atoms with Crippen LogP contribution in [0.5, 0.6) is 0 Å². The van der Waals surface area contributed by atoms with Crippen LogP contribution in [-0.2, 0) is 0 Å². The molecule has 0 aromatic heterocycles. The lowest BCUT2D eigenvalue weighted by Gasteiger charge is -2.21. The first-order chi connectivity index (χ1) is 4.30. The molecule has 0 radical (unpaired) electrons. The Kier molecular flexibility index (Phi) is 4.91. The molecule has 1 fully saturated rings. The minimum atomic E-state index is -2.18. The predicted octanol–water partition coefficient (Wildman–Crippen LogP) is 1.82. The molecule has 1 aliphatic rings. The first-order valence-electron chi connectivity index (χ1n) is 3.32. The zero-order valence-electron chi connectivity index (χ0n) is 5.65. The first kappa shape index (κ1) is 10.1. The third kappa shape index (κ3) is 2.80. The smallest absolute Gasteiger partial charge is 0.253 e. The van der Waals surface area contributed by atoms with Crippen LogP contribution in [0.1, 0.15) is 19.3 Å². The maximum atomic E-state index is 11.9. The van der Waals surface area contributed by atoms with Crippen LogP contribution in [0.2, 0.25) is 0 Å². The second kappa shape index (κ2) is 4.85. The fraction of sp³-hybridized carbons (Fsp3) is 1.00. The molecular formula is C6H12ClF2N. The highest BCUT2D eigenvalue weighted by molar-refractivity contribution is 5.85. The fourth-order valence-corrected chi connectivity index (χ4v) is 1.09. The lowest BCUT2D eigenvalue weighted by molar-refractivity contribution is 0.0852. The Morgan fingerprint density at radius 1 is 1.30 bits per heavy atom. The summed E-state index contributed by atoms with van der Waals surface area (Å²) >= 11 is 0. The lowest BCUT2D eigenvalue weighted by atomic mass is 10.1. The van der Waals surface area contributed by atoms with Gasteiger partial charge >= 0.3 is 0 Å². The Morgan fingerprint density at radius 2 is 2.00 bits per heavy atom. The van der Waals surface area contributed by atoms with Crippen LogP contribution < -0.4 is 5.32 Å². The maximum Gasteiger partial charge on any atom is 0.253 e. The molecule has 1 saturated heterocycles. The van der Waals surface area contributed by atoms with Crippen molar-refractivity contribution in [3.05, 3.63) is 0 Å². The number of piperidine rings is 1. The molecule has 4 heteroatoms. The quantitative estimate of drug-likeness (QED) is 0.635. The van der Waals surface area contributed by atoms with E-state index in [1.807, 2.05) is 0 Å². The van der Waals surface area contributed by atoms with Crippen molar-refractivity contribution < 1.29 is 8.78 Å². The second-order valence-corrected chi connectivity index (χ2v) is 2.39. The van der Waals surface area contributed by atoms with Crippen LogP contribution in [0, 0.1) is 0 Å². The van der Waals surface area contributed by atoms with Gasteiger partial charge in [-0.1, -0.05) is 6.42 Å². The van der Waals surface area contributed by atoms with Gasteiger partial charge in [0.15, 0.2) is 0 Å². The zero-order chi connectivity index (χ0) is 6.69. The van der Waals surface area contributed by atoms with E-state index in [-0.39, 0.29) is 12.4 Å². The number of rotatable bonds is 1. The van der Waals surface area contributed by atoms with Crippen molar-refractivity contribution in [1.82, 2.24) is 5.32 Å². The Labute approximate surface area is 65.6 Å². The average Bonchev–Trinajstić information content (AvgIpc) is 1.90. The molecule has 0 aromatic carbocycles. The van der Waals surface area contributed by atoms with Crippen LogP contribution in [0.25, 0.3) is 0 Å². The summed E-state index contributed by atoms with van der Waals surface area (Å²) < 4.78 is 23.7. The molecular weight excluding hydrogens is 160 g/mol. The minimum absolute atomic E-state index is 0. The van der Waals surface area contributed by atoms with Crippen molar-refractivity contribution >= 4 is 12.4 Å². The normalized spacial score (nSPS) is 26.1. The van der Waals surface area contributed by atoms with E-state index in [1.54, 1.807) is 0 Å². The highest BCUT2D eigenvalue weighted by atomic mass is 35.5. The summed E-state index contributed by atoms with van der Waals surface area (Å²) in [5.41, 5.74) is 0. The van der Waals surface area contributed by atoms with Gasteiger partial charge in [0.1, 0.15) is 0 Å². The van der Waals surface area contributed by atoms with E-state index >= 15 is 0 Å². The van der Waals surface area contributed by atoms with E-state index in [0.717, 1.165) is 19.4 Å². The molecule has 0 bridgehead atoms. The largest absolute Gasteiger partial charge is 0.309 e. The van der Waals surface area contributed by atoms with Gasteiger partial charge in [0.2, 0.25) is 0 Å². The summed E-state index contributed by atoms with van der Waals surface area (Å²) in [6, 6.07) is -0.529. The third-order valence-corrected chi connectivity index (χ3v) is 1.65. The lowest BCUT2D eigenvalue weighted by Crippen LogP contribution is -2.39. The van der Waals surface area contributed by atoms with Crippen molar-refractivity contribution in [2.24, 2.45) is 0 Å². The van der Waals surface area contributed by atoms with Crippen molar-refractivity contribution in [2.45, 2.75) is 31.7 Å². The number of alkyl halides is 2. The molecule has 1 rings (SSSR count). The molecule has 10 heavy (non-hydrogen) atoms. The molecule has 62 valence electrons. The van der Waals surface area contributed by atoms with Gasteiger partial charge in [-0.25, -0.2) is 8.78 Å². The van der Waals surface area contributed by atoms with Crippen molar-refractivity contribution in [3.63, 3.8) is 0 Å². The monoisotopic (exact) mass is 171 g/mol. The number of hydrogen-bond acceptors (Lipinski definition) is 1. The van der Waals surface area contributed by atoms with Gasteiger partial charge in [0.05, 0.1) is 6.04 Å². The van der Waals surface area contributed by atoms with Gasteiger partial charge in [0.25, 0.3) is 6.43 Å². The van der Waals surface area contributed by atoms with Gasteiger partial charge < -0.3 is 5.32 Å². The van der Waals surface area contributed by atoms with E-state index in [2.05, 4.69) is 5.32 Å². The van der Waals surface area contributed by atoms with Crippen LogP contribution in [0.3, 0.4) is 0 Å². The van der Waals surface area contributed by atoms with Gasteiger partial charge in [-0.05, 0) is 19.4 Å². The second-order valence-electron chi connectivity index (χ2n) is 2.39. The molecule has 0 aromatic rings. The van der Waals surface area contributed by atoms with E-state index in [9.17, 15) is 8.78 Å². The molecule has 1 heterocycles. The highest BCUT2D eigenvalue weighted by Gasteiger charge is 2.21. The maximum absolute atomic E-state index is 11.9. The summed E-state index contributed by atoms with van der Waals surface area (Å²) in [7, 11) is 0. The zero-order valence-corrected chi connectivity index (χ0v) is 6.46. The number of nitrogens with one attached hydrogen (secondary N) is 1. The summed E-state index contributed by atoms with van der Waals surface area (Å²) in [6.07, 6.45) is 0.452. The average molecular weight is 172 g/mol. The Morgan fingerprint density at radius 3 is 2.30 bits per heavy atom. The summed E-state index contributed by atoms with van der Waals surface area (Å²) in [5, 5.41) is 2.77. The van der Waals surface area contributed by atoms with Gasteiger partial charge in [0, 0.05) is 0 Å². The van der Waals surface area contributed by atoms with E-state index in [1.165, 1.54) is 0 Å². The summed E-state index contributed by atoms with van der Waals surface area (Å²) in [5.74, 6) is 0. The minimum Gasteiger partial charge on any atom is -0.309 e. The first-order valence-corrected chi connectivity index (χ1v) is 3.32. The Balaban J connectivity index is 0.000000810. The van der Waals surface area contributed by atoms with E-state index in [4.69, 9.17) is 0 Å². The number of hydrogen-bond donors (Lipinski definition) is 1. The van der Waals surface area contributed by atoms with E-state index in [0.29, 0.717) is 6.42 Å². The third-order valence-electron chi connectivity index (χ3n) is 1.65. The van der Waals surface area contributed by atoms with Crippen molar-refractivity contribution in [2.75, 3.05) is 6.54 Å². The predicted molar refractivity (Wildman–Crippen MR) is 38.9 cm³/mol. The highest BCUT2D eigenvalue weighted by Crippen LogP contribution is 2.12. The standard InChI is InChI=1S/C6H11F2N.ClH/c7-6(8)5-3-1-2-4-9-5;/h5-6,9H,1-4H2;1H. The van der Waals surface area contributed by atoms with Crippen molar-refractivity contribution in [1.29, 1.82) is 0 Å². The summed E-state index contributed by atoms with van der Waals surface area (Å²) in [6.45, 7) is 0.759. The summed E-state index contributed by atoms with van der Waals surface area (Å²) in [4.78, 5) is 0. The van der Waals surface area contributed by atoms with Crippen LogP contribution in [-0.4, -0.2) is 19.0 Å². The van der Waals surface area contributed by atoms with Crippen LogP contribution >= 0.6 is 12.4 Å². The SMILES string of the molecule is Cl.FC(F)C1CCCCN1. The molecule has 1 aliphatic heterocycles. The molecule has 1 atom stereocenters. The topological polar surface area (TPSA) is 12.0 Å². The molecule has 1 unspecified atom stereocenters. The molecule has 0 amide bonds. The van der Waals surface area contributed by atoms with Crippen LogP contribution in [0.4, 0.5) is 8.78 Å². The Hall–Kier alpha value is 0.110. The van der Waals surface area contributed by atoms with Crippen LogP contribution in [0.15, 0.2) is 0 Å².